The Morgan fingerprint density at radius 1 is 1.20 bits per heavy atom. The monoisotopic (exact) mass is 280 g/mol. The summed E-state index contributed by atoms with van der Waals surface area (Å²) >= 11 is 0. The van der Waals surface area contributed by atoms with Crippen molar-refractivity contribution in [3.63, 3.8) is 0 Å². The van der Waals surface area contributed by atoms with Crippen molar-refractivity contribution in [2.24, 2.45) is 5.73 Å². The number of benzene rings is 1. The minimum Gasteiger partial charge on any atom is -0.490 e. The van der Waals surface area contributed by atoms with Crippen LogP contribution in [0.3, 0.4) is 0 Å². The fraction of sp³-hybridized carbons (Fsp3) is 0.625. The minimum absolute atomic E-state index is 0.399. The first-order valence-corrected chi connectivity index (χ1v) is 7.53. The average molecular weight is 280 g/mol. The molecule has 0 spiro atoms. The molecule has 1 atom stereocenters. The van der Waals surface area contributed by atoms with Gasteiger partial charge in [-0.3, -0.25) is 0 Å². The molecule has 0 fully saturated rings. The standard InChI is InChI=1S/C16H28N2O2/c1-4-10-20-15-7-6-14(12-16(15)19-5-2)11-13(3)18-9-8-17/h6-7,12-13,18H,4-5,8-11,17H2,1-3H3. The quantitative estimate of drug-likeness (QED) is 0.691. The third kappa shape index (κ3) is 5.80. The molecule has 0 bridgehead atoms. The van der Waals surface area contributed by atoms with Gasteiger partial charge in [-0.15, -0.1) is 0 Å². The van der Waals surface area contributed by atoms with Gasteiger partial charge >= 0.3 is 0 Å². The van der Waals surface area contributed by atoms with Crippen molar-refractivity contribution in [3.8, 4) is 11.5 Å². The molecular formula is C16H28N2O2. The normalized spacial score (nSPS) is 12.2. The number of nitrogens with one attached hydrogen (secondary N) is 1. The Hall–Kier alpha value is -1.26. The molecule has 0 radical (unpaired) electrons. The third-order valence-electron chi connectivity index (χ3n) is 2.95. The highest BCUT2D eigenvalue weighted by atomic mass is 16.5. The largest absolute Gasteiger partial charge is 0.490 e. The molecule has 1 aromatic rings. The Morgan fingerprint density at radius 3 is 2.65 bits per heavy atom. The zero-order chi connectivity index (χ0) is 14.8. The van der Waals surface area contributed by atoms with E-state index in [1.54, 1.807) is 0 Å². The van der Waals surface area contributed by atoms with Crippen molar-refractivity contribution in [1.29, 1.82) is 0 Å². The molecule has 0 aromatic heterocycles. The van der Waals surface area contributed by atoms with Crippen molar-refractivity contribution in [1.82, 2.24) is 5.32 Å². The summed E-state index contributed by atoms with van der Waals surface area (Å²) in [7, 11) is 0. The summed E-state index contributed by atoms with van der Waals surface area (Å²) in [5, 5.41) is 3.38. The molecule has 4 nitrogen and oxygen atoms in total. The van der Waals surface area contributed by atoms with Crippen LogP contribution in [0.25, 0.3) is 0 Å². The van der Waals surface area contributed by atoms with Gasteiger partial charge in [-0.2, -0.15) is 0 Å². The van der Waals surface area contributed by atoms with Gasteiger partial charge in [0.15, 0.2) is 11.5 Å². The van der Waals surface area contributed by atoms with E-state index in [0.717, 1.165) is 30.9 Å². The Labute approximate surface area is 122 Å². The van der Waals surface area contributed by atoms with Crippen LogP contribution in [0.5, 0.6) is 11.5 Å². The second-order valence-corrected chi connectivity index (χ2v) is 4.91. The van der Waals surface area contributed by atoms with Crippen LogP contribution in [-0.4, -0.2) is 32.3 Å². The van der Waals surface area contributed by atoms with E-state index in [2.05, 4.69) is 31.3 Å². The number of ether oxygens (including phenoxy) is 2. The van der Waals surface area contributed by atoms with Crippen LogP contribution < -0.4 is 20.5 Å². The SMILES string of the molecule is CCCOc1ccc(CC(C)NCCN)cc1OCC. The molecule has 3 N–H and O–H groups in total. The van der Waals surface area contributed by atoms with E-state index in [1.165, 1.54) is 5.56 Å². The maximum atomic E-state index is 5.71. The van der Waals surface area contributed by atoms with Gasteiger partial charge < -0.3 is 20.5 Å². The van der Waals surface area contributed by atoms with Crippen LogP contribution in [0, 0.1) is 0 Å². The molecule has 1 rings (SSSR count). The summed E-state index contributed by atoms with van der Waals surface area (Å²) in [5.41, 5.74) is 6.75. The van der Waals surface area contributed by atoms with Crippen molar-refractivity contribution < 1.29 is 9.47 Å². The highest BCUT2D eigenvalue weighted by molar-refractivity contribution is 5.43. The molecule has 0 aliphatic carbocycles. The van der Waals surface area contributed by atoms with Gasteiger partial charge in [0.05, 0.1) is 13.2 Å². The smallest absolute Gasteiger partial charge is 0.161 e. The second-order valence-electron chi connectivity index (χ2n) is 4.91. The Kier molecular flexibility index (Phi) is 8.07. The van der Waals surface area contributed by atoms with E-state index in [0.29, 0.717) is 25.8 Å². The number of nitrogens with two attached hydrogens (primary N) is 1. The summed E-state index contributed by atoms with van der Waals surface area (Å²) in [4.78, 5) is 0. The molecule has 114 valence electrons. The lowest BCUT2D eigenvalue weighted by molar-refractivity contribution is 0.276. The molecule has 0 heterocycles. The van der Waals surface area contributed by atoms with Gasteiger partial charge in [0, 0.05) is 19.1 Å². The molecular weight excluding hydrogens is 252 g/mol. The van der Waals surface area contributed by atoms with Gasteiger partial charge in [0.2, 0.25) is 0 Å². The lowest BCUT2D eigenvalue weighted by atomic mass is 10.1. The Balaban J connectivity index is 2.70. The van der Waals surface area contributed by atoms with Crippen LogP contribution in [0.15, 0.2) is 18.2 Å². The highest BCUT2D eigenvalue weighted by Gasteiger charge is 2.08. The first kappa shape index (κ1) is 16.8. The van der Waals surface area contributed by atoms with Crippen LogP contribution >= 0.6 is 0 Å². The summed E-state index contributed by atoms with van der Waals surface area (Å²) in [6.45, 7) is 9.12. The van der Waals surface area contributed by atoms with Crippen molar-refractivity contribution in [3.05, 3.63) is 23.8 Å². The van der Waals surface area contributed by atoms with Gasteiger partial charge in [-0.1, -0.05) is 13.0 Å². The van der Waals surface area contributed by atoms with Crippen LogP contribution in [0.4, 0.5) is 0 Å². The van der Waals surface area contributed by atoms with E-state index in [1.807, 2.05) is 13.0 Å². The highest BCUT2D eigenvalue weighted by Crippen LogP contribution is 2.29. The maximum absolute atomic E-state index is 5.71. The number of hydrogen-bond donors (Lipinski definition) is 2. The second kappa shape index (κ2) is 9.61. The van der Waals surface area contributed by atoms with E-state index >= 15 is 0 Å². The molecule has 1 aromatic carbocycles. The third-order valence-corrected chi connectivity index (χ3v) is 2.95. The summed E-state index contributed by atoms with van der Waals surface area (Å²) < 4.78 is 11.4. The summed E-state index contributed by atoms with van der Waals surface area (Å²) in [6, 6.07) is 6.59. The summed E-state index contributed by atoms with van der Waals surface area (Å²) in [5.74, 6) is 1.67. The molecule has 0 saturated heterocycles. The molecule has 20 heavy (non-hydrogen) atoms. The van der Waals surface area contributed by atoms with Crippen LogP contribution in [0.2, 0.25) is 0 Å². The first-order valence-electron chi connectivity index (χ1n) is 7.53. The van der Waals surface area contributed by atoms with Gasteiger partial charge in [-0.25, -0.2) is 0 Å². The molecule has 1 unspecified atom stereocenters. The predicted octanol–water partition coefficient (Wildman–Crippen LogP) is 2.35. The fourth-order valence-electron chi connectivity index (χ4n) is 2.03. The first-order chi connectivity index (χ1) is 9.71. The van der Waals surface area contributed by atoms with Crippen molar-refractivity contribution in [2.75, 3.05) is 26.3 Å². The lowest BCUT2D eigenvalue weighted by Gasteiger charge is -2.16. The zero-order valence-electron chi connectivity index (χ0n) is 12.9. The van der Waals surface area contributed by atoms with Gasteiger partial charge in [-0.05, 0) is 44.4 Å². The topological polar surface area (TPSA) is 56.5 Å². The van der Waals surface area contributed by atoms with E-state index < -0.39 is 0 Å². The predicted molar refractivity (Wildman–Crippen MR) is 83.6 cm³/mol. The number of rotatable bonds is 10. The average Bonchev–Trinajstić information content (AvgIpc) is 2.44. The van der Waals surface area contributed by atoms with Crippen LogP contribution in [0.1, 0.15) is 32.8 Å². The molecule has 0 aliphatic heterocycles. The van der Waals surface area contributed by atoms with E-state index in [-0.39, 0.29) is 0 Å². The van der Waals surface area contributed by atoms with Gasteiger partial charge in [0.1, 0.15) is 0 Å². The molecule has 4 heteroatoms. The maximum Gasteiger partial charge on any atom is 0.161 e. The Bertz CT molecular complexity index is 383. The van der Waals surface area contributed by atoms with Crippen molar-refractivity contribution in [2.45, 2.75) is 39.7 Å². The molecule has 0 aliphatic rings. The van der Waals surface area contributed by atoms with Crippen LogP contribution in [-0.2, 0) is 6.42 Å². The molecule has 0 saturated carbocycles. The Morgan fingerprint density at radius 2 is 2.00 bits per heavy atom. The molecule has 0 amide bonds. The van der Waals surface area contributed by atoms with Gasteiger partial charge in [0.25, 0.3) is 0 Å². The minimum atomic E-state index is 0.399. The van der Waals surface area contributed by atoms with Crippen molar-refractivity contribution >= 4 is 0 Å². The zero-order valence-corrected chi connectivity index (χ0v) is 12.9. The summed E-state index contributed by atoms with van der Waals surface area (Å²) in [6.07, 6.45) is 1.95. The van der Waals surface area contributed by atoms with E-state index in [4.69, 9.17) is 15.2 Å². The fourth-order valence-corrected chi connectivity index (χ4v) is 2.03. The number of hydrogen-bond acceptors (Lipinski definition) is 4. The lowest BCUT2D eigenvalue weighted by Crippen LogP contribution is -2.32. The van der Waals surface area contributed by atoms with E-state index in [9.17, 15) is 0 Å².